The Hall–Kier alpha value is -1.71. The number of hydrogen-bond donors (Lipinski definition) is 1. The number of aryl methyl sites for hydroxylation is 2. The van der Waals surface area contributed by atoms with Gasteiger partial charge in [0.1, 0.15) is 6.61 Å². The van der Waals surface area contributed by atoms with Crippen LogP contribution in [0.4, 0.5) is 0 Å². The minimum atomic E-state index is -1.26. The van der Waals surface area contributed by atoms with E-state index in [-0.39, 0.29) is 6.61 Å². The third-order valence-corrected chi connectivity index (χ3v) is 3.29. The Morgan fingerprint density at radius 2 is 1.94 bits per heavy atom. The van der Waals surface area contributed by atoms with Crippen molar-refractivity contribution >= 4 is 5.97 Å². The monoisotopic (exact) mass is 236 g/mol. The molecule has 0 bridgehead atoms. The minimum absolute atomic E-state index is 0.0499. The molecule has 0 amide bonds. The standard InChI is InChI=1S/C13H16O4/c1-4-13(12(14)15)7-16-10-5-8(2)9(3)6-11(10)17-13/h5-6H,4,7H2,1-3H3,(H,14,15)/t13-/m0/s1. The van der Waals surface area contributed by atoms with Gasteiger partial charge in [-0.2, -0.15) is 0 Å². The molecule has 1 atom stereocenters. The topological polar surface area (TPSA) is 55.8 Å². The highest BCUT2D eigenvalue weighted by atomic mass is 16.6. The molecule has 0 aromatic heterocycles. The summed E-state index contributed by atoms with van der Waals surface area (Å²) in [5.41, 5.74) is 0.908. The molecule has 2 rings (SSSR count). The van der Waals surface area contributed by atoms with Crippen LogP contribution in [0.5, 0.6) is 11.5 Å². The minimum Gasteiger partial charge on any atom is -0.485 e. The summed E-state index contributed by atoms with van der Waals surface area (Å²) in [6.45, 7) is 5.78. The SMILES string of the molecule is CC[C@@]1(C(=O)O)COc2cc(C)c(C)cc2O1. The highest BCUT2D eigenvalue weighted by Gasteiger charge is 2.44. The molecule has 0 aliphatic carbocycles. The molecule has 0 spiro atoms. The van der Waals surface area contributed by atoms with Crippen LogP contribution in [-0.2, 0) is 4.79 Å². The van der Waals surface area contributed by atoms with Crippen LogP contribution in [0.15, 0.2) is 12.1 Å². The van der Waals surface area contributed by atoms with Crippen LogP contribution in [-0.4, -0.2) is 23.3 Å². The van der Waals surface area contributed by atoms with Crippen molar-refractivity contribution in [2.24, 2.45) is 0 Å². The van der Waals surface area contributed by atoms with E-state index in [1.54, 1.807) is 6.92 Å². The van der Waals surface area contributed by atoms with E-state index in [0.29, 0.717) is 17.9 Å². The lowest BCUT2D eigenvalue weighted by atomic mass is 10.00. The van der Waals surface area contributed by atoms with Crippen LogP contribution in [0.3, 0.4) is 0 Å². The quantitative estimate of drug-likeness (QED) is 0.856. The van der Waals surface area contributed by atoms with Crippen molar-refractivity contribution in [3.8, 4) is 11.5 Å². The van der Waals surface area contributed by atoms with E-state index >= 15 is 0 Å². The second-order valence-electron chi connectivity index (χ2n) is 4.43. The summed E-state index contributed by atoms with van der Waals surface area (Å²) in [5.74, 6) is 0.158. The van der Waals surface area contributed by atoms with Crippen molar-refractivity contribution in [1.29, 1.82) is 0 Å². The van der Waals surface area contributed by atoms with Gasteiger partial charge in [0, 0.05) is 0 Å². The van der Waals surface area contributed by atoms with E-state index in [4.69, 9.17) is 9.47 Å². The van der Waals surface area contributed by atoms with Crippen molar-refractivity contribution < 1.29 is 19.4 Å². The summed E-state index contributed by atoms with van der Waals surface area (Å²) in [5, 5.41) is 9.23. The van der Waals surface area contributed by atoms with Gasteiger partial charge in [0.25, 0.3) is 0 Å². The number of carboxylic acid groups (broad SMARTS) is 1. The number of aliphatic carboxylic acids is 1. The zero-order valence-electron chi connectivity index (χ0n) is 10.2. The molecular formula is C13H16O4. The first-order chi connectivity index (χ1) is 7.98. The van der Waals surface area contributed by atoms with Crippen molar-refractivity contribution in [3.63, 3.8) is 0 Å². The number of rotatable bonds is 2. The number of fused-ring (bicyclic) bond motifs is 1. The Balaban J connectivity index is 2.42. The van der Waals surface area contributed by atoms with E-state index < -0.39 is 11.6 Å². The molecule has 0 radical (unpaired) electrons. The molecule has 17 heavy (non-hydrogen) atoms. The Bertz CT molecular complexity index is 467. The molecule has 0 saturated heterocycles. The highest BCUT2D eigenvalue weighted by Crippen LogP contribution is 2.38. The van der Waals surface area contributed by atoms with Crippen LogP contribution in [0.1, 0.15) is 24.5 Å². The predicted molar refractivity (Wildman–Crippen MR) is 62.7 cm³/mol. The van der Waals surface area contributed by atoms with Gasteiger partial charge in [0.2, 0.25) is 5.60 Å². The molecule has 4 nitrogen and oxygen atoms in total. The number of hydrogen-bond acceptors (Lipinski definition) is 3. The van der Waals surface area contributed by atoms with Gasteiger partial charge in [-0.25, -0.2) is 4.79 Å². The summed E-state index contributed by atoms with van der Waals surface area (Å²) in [4.78, 5) is 11.3. The average Bonchev–Trinajstić information content (AvgIpc) is 2.30. The van der Waals surface area contributed by atoms with Gasteiger partial charge in [0.15, 0.2) is 11.5 Å². The lowest BCUT2D eigenvalue weighted by molar-refractivity contribution is -0.160. The lowest BCUT2D eigenvalue weighted by Crippen LogP contribution is -2.51. The number of benzene rings is 1. The van der Waals surface area contributed by atoms with Gasteiger partial charge in [-0.15, -0.1) is 0 Å². The smallest absolute Gasteiger partial charge is 0.351 e. The number of ether oxygens (including phenoxy) is 2. The Morgan fingerprint density at radius 3 is 2.47 bits per heavy atom. The lowest BCUT2D eigenvalue weighted by Gasteiger charge is -2.34. The maximum Gasteiger partial charge on any atom is 0.351 e. The van der Waals surface area contributed by atoms with E-state index in [0.717, 1.165) is 11.1 Å². The first-order valence-electron chi connectivity index (χ1n) is 5.65. The van der Waals surface area contributed by atoms with E-state index in [2.05, 4.69) is 0 Å². The van der Waals surface area contributed by atoms with Crippen molar-refractivity contribution in [2.45, 2.75) is 32.8 Å². The van der Waals surface area contributed by atoms with Crippen molar-refractivity contribution in [3.05, 3.63) is 23.3 Å². The van der Waals surface area contributed by atoms with Crippen LogP contribution >= 0.6 is 0 Å². The molecule has 0 unspecified atom stereocenters. The van der Waals surface area contributed by atoms with Crippen LogP contribution in [0.25, 0.3) is 0 Å². The number of carbonyl (C=O) groups is 1. The summed E-state index contributed by atoms with van der Waals surface area (Å²) in [6.07, 6.45) is 0.370. The third-order valence-electron chi connectivity index (χ3n) is 3.29. The van der Waals surface area contributed by atoms with Gasteiger partial charge < -0.3 is 14.6 Å². The number of carboxylic acids is 1. The van der Waals surface area contributed by atoms with Crippen LogP contribution in [0.2, 0.25) is 0 Å². The zero-order chi connectivity index (χ0) is 12.6. The molecule has 4 heteroatoms. The molecule has 1 heterocycles. The van der Waals surface area contributed by atoms with E-state index in [1.807, 2.05) is 26.0 Å². The summed E-state index contributed by atoms with van der Waals surface area (Å²) in [7, 11) is 0. The normalized spacial score (nSPS) is 22.3. The van der Waals surface area contributed by atoms with Gasteiger partial charge in [-0.05, 0) is 43.5 Å². The zero-order valence-corrected chi connectivity index (χ0v) is 10.2. The predicted octanol–water partition coefficient (Wildman–Crippen LogP) is 2.31. The molecule has 0 saturated carbocycles. The fraction of sp³-hybridized carbons (Fsp3) is 0.462. The van der Waals surface area contributed by atoms with Gasteiger partial charge in [-0.1, -0.05) is 6.92 Å². The molecular weight excluding hydrogens is 220 g/mol. The first-order valence-corrected chi connectivity index (χ1v) is 5.65. The summed E-state index contributed by atoms with van der Waals surface area (Å²) >= 11 is 0. The summed E-state index contributed by atoms with van der Waals surface area (Å²) in [6, 6.07) is 3.71. The third kappa shape index (κ3) is 1.84. The Labute approximate surface area is 100 Å². The molecule has 1 aliphatic rings. The maximum absolute atomic E-state index is 11.3. The Kier molecular flexibility index (Phi) is 2.73. The second kappa shape index (κ2) is 3.95. The van der Waals surface area contributed by atoms with Gasteiger partial charge >= 0.3 is 5.97 Å². The molecule has 1 N–H and O–H groups in total. The molecule has 92 valence electrons. The fourth-order valence-electron chi connectivity index (χ4n) is 1.82. The van der Waals surface area contributed by atoms with Crippen molar-refractivity contribution in [1.82, 2.24) is 0 Å². The summed E-state index contributed by atoms with van der Waals surface area (Å²) < 4.78 is 11.2. The molecule has 1 aromatic carbocycles. The van der Waals surface area contributed by atoms with Crippen molar-refractivity contribution in [2.75, 3.05) is 6.61 Å². The maximum atomic E-state index is 11.3. The Morgan fingerprint density at radius 1 is 1.35 bits per heavy atom. The van der Waals surface area contributed by atoms with E-state index in [9.17, 15) is 9.90 Å². The second-order valence-corrected chi connectivity index (χ2v) is 4.43. The molecule has 1 aromatic rings. The van der Waals surface area contributed by atoms with Crippen LogP contribution in [0, 0.1) is 13.8 Å². The van der Waals surface area contributed by atoms with Gasteiger partial charge in [-0.3, -0.25) is 0 Å². The molecule has 0 fully saturated rings. The molecule has 1 aliphatic heterocycles. The first kappa shape index (κ1) is 11.8. The average molecular weight is 236 g/mol. The van der Waals surface area contributed by atoms with E-state index in [1.165, 1.54) is 0 Å². The van der Waals surface area contributed by atoms with Crippen LogP contribution < -0.4 is 9.47 Å². The highest BCUT2D eigenvalue weighted by molar-refractivity contribution is 5.79. The van der Waals surface area contributed by atoms with Gasteiger partial charge in [0.05, 0.1) is 0 Å². The fourth-order valence-corrected chi connectivity index (χ4v) is 1.82. The largest absolute Gasteiger partial charge is 0.485 e.